The Bertz CT molecular complexity index is 657. The van der Waals surface area contributed by atoms with E-state index in [2.05, 4.69) is 38.2 Å². The first kappa shape index (κ1) is 41.4. The molecule has 0 spiro atoms. The summed E-state index contributed by atoms with van der Waals surface area (Å²) in [6.45, 7) is 4.10. The zero-order chi connectivity index (χ0) is 31.5. The van der Waals surface area contributed by atoms with Crippen LogP contribution >= 0.6 is 0 Å². The molecule has 1 unspecified atom stereocenters. The van der Waals surface area contributed by atoms with Crippen LogP contribution in [0.3, 0.4) is 0 Å². The van der Waals surface area contributed by atoms with Gasteiger partial charge in [0.05, 0.1) is 6.61 Å². The Labute approximate surface area is 266 Å². The highest BCUT2D eigenvalue weighted by Crippen LogP contribution is 2.14. The Balaban J connectivity index is 3.57. The van der Waals surface area contributed by atoms with E-state index in [1.54, 1.807) is 0 Å². The van der Waals surface area contributed by atoms with Gasteiger partial charge in [0.25, 0.3) is 0 Å². The molecular weight excluding hydrogens is 536 g/mol. The van der Waals surface area contributed by atoms with Gasteiger partial charge in [-0.1, -0.05) is 154 Å². The number of esters is 2. The number of carbonyl (C=O) groups excluding carboxylic acids is 2. The minimum Gasteiger partial charge on any atom is -0.462 e. The molecule has 1 N–H and O–H groups in total. The summed E-state index contributed by atoms with van der Waals surface area (Å²) in [7, 11) is 0. The van der Waals surface area contributed by atoms with E-state index in [9.17, 15) is 14.7 Å². The Morgan fingerprint density at radius 1 is 0.535 bits per heavy atom. The van der Waals surface area contributed by atoms with E-state index in [1.807, 2.05) is 0 Å². The van der Waals surface area contributed by atoms with Gasteiger partial charge in [0.1, 0.15) is 6.61 Å². The van der Waals surface area contributed by atoms with Crippen LogP contribution in [0.2, 0.25) is 0 Å². The lowest BCUT2D eigenvalue weighted by atomic mass is 10.0. The molecule has 0 aromatic carbocycles. The predicted octanol–water partition coefficient (Wildman–Crippen LogP) is 11.1. The Morgan fingerprint density at radius 3 is 1.42 bits per heavy atom. The van der Waals surface area contributed by atoms with Crippen LogP contribution in [0.5, 0.6) is 0 Å². The molecule has 0 bridgehead atoms. The fourth-order valence-electron chi connectivity index (χ4n) is 5.17. The molecule has 0 heterocycles. The highest BCUT2D eigenvalue weighted by atomic mass is 16.6. The van der Waals surface area contributed by atoms with Crippen LogP contribution in [0.15, 0.2) is 24.3 Å². The van der Waals surface area contributed by atoms with Gasteiger partial charge in [-0.05, 0) is 44.9 Å². The van der Waals surface area contributed by atoms with E-state index >= 15 is 0 Å². The maximum Gasteiger partial charge on any atom is 0.306 e. The van der Waals surface area contributed by atoms with E-state index in [1.165, 1.54) is 109 Å². The van der Waals surface area contributed by atoms with Crippen LogP contribution in [0.25, 0.3) is 0 Å². The lowest BCUT2D eigenvalue weighted by Gasteiger charge is -2.15. The first-order valence-corrected chi connectivity index (χ1v) is 18.4. The third-order valence-electron chi connectivity index (χ3n) is 8.00. The summed E-state index contributed by atoms with van der Waals surface area (Å²) in [5, 5.41) is 9.52. The van der Waals surface area contributed by atoms with Crippen molar-refractivity contribution >= 4 is 11.9 Å². The van der Waals surface area contributed by atoms with Crippen LogP contribution < -0.4 is 0 Å². The maximum atomic E-state index is 12.1. The largest absolute Gasteiger partial charge is 0.462 e. The molecule has 0 saturated carbocycles. The molecule has 0 fully saturated rings. The summed E-state index contributed by atoms with van der Waals surface area (Å²) in [4.78, 5) is 24.2. The normalized spacial score (nSPS) is 12.3. The number of aliphatic hydroxyl groups excluding tert-OH is 1. The molecule has 0 aromatic rings. The van der Waals surface area contributed by atoms with Crippen molar-refractivity contribution in [2.24, 2.45) is 0 Å². The average molecular weight is 607 g/mol. The molecule has 252 valence electrons. The Hall–Kier alpha value is -1.62. The van der Waals surface area contributed by atoms with Gasteiger partial charge < -0.3 is 14.6 Å². The minimum absolute atomic E-state index is 0.0652. The third-order valence-corrected chi connectivity index (χ3v) is 8.00. The molecule has 0 radical (unpaired) electrons. The number of hydrogen-bond donors (Lipinski definition) is 1. The van der Waals surface area contributed by atoms with Crippen molar-refractivity contribution in [2.45, 2.75) is 193 Å². The lowest BCUT2D eigenvalue weighted by molar-refractivity contribution is -0.161. The van der Waals surface area contributed by atoms with Gasteiger partial charge in [0.15, 0.2) is 6.10 Å². The molecule has 1 atom stereocenters. The quantitative estimate of drug-likeness (QED) is 0.0457. The number of rotatable bonds is 33. The standard InChI is InChI=1S/C38H70O5/c1-3-5-7-9-11-13-15-17-18-19-20-21-23-25-27-29-31-33-38(41)43-36(34-39)35-42-37(40)32-30-28-26-24-22-16-14-12-10-8-6-4-2/h11,13,17-18,36,39H,3-10,12,14-16,19-35H2,1-2H3/b13-11-,18-17-. The van der Waals surface area contributed by atoms with E-state index in [0.717, 1.165) is 51.4 Å². The number of unbranched alkanes of at least 4 members (excludes halogenated alkanes) is 21. The van der Waals surface area contributed by atoms with Crippen LogP contribution in [-0.2, 0) is 19.1 Å². The molecule has 0 aliphatic heterocycles. The minimum atomic E-state index is -0.769. The topological polar surface area (TPSA) is 72.8 Å². The first-order chi connectivity index (χ1) is 21.1. The zero-order valence-corrected chi connectivity index (χ0v) is 28.5. The second kappa shape index (κ2) is 34.9. The van der Waals surface area contributed by atoms with Crippen LogP contribution in [0, 0.1) is 0 Å². The lowest BCUT2D eigenvalue weighted by Crippen LogP contribution is -2.28. The van der Waals surface area contributed by atoms with Gasteiger partial charge >= 0.3 is 11.9 Å². The molecular formula is C38H70O5. The summed E-state index contributed by atoms with van der Waals surface area (Å²) in [6.07, 6.45) is 39.4. The third kappa shape index (κ3) is 33.1. The molecule has 0 aromatic heterocycles. The number of hydrogen-bond acceptors (Lipinski definition) is 5. The van der Waals surface area contributed by atoms with Crippen molar-refractivity contribution < 1.29 is 24.2 Å². The Kier molecular flexibility index (Phi) is 33.6. The fraction of sp³-hybridized carbons (Fsp3) is 0.842. The molecule has 0 aliphatic carbocycles. The van der Waals surface area contributed by atoms with Gasteiger partial charge in [-0.15, -0.1) is 0 Å². The van der Waals surface area contributed by atoms with E-state index in [0.29, 0.717) is 12.8 Å². The smallest absolute Gasteiger partial charge is 0.306 e. The van der Waals surface area contributed by atoms with Crippen molar-refractivity contribution in [2.75, 3.05) is 13.2 Å². The van der Waals surface area contributed by atoms with Gasteiger partial charge in [0.2, 0.25) is 0 Å². The van der Waals surface area contributed by atoms with Crippen LogP contribution in [-0.4, -0.2) is 36.4 Å². The number of carbonyl (C=O) groups is 2. The summed E-state index contributed by atoms with van der Waals surface area (Å²) in [6, 6.07) is 0. The van der Waals surface area contributed by atoms with E-state index < -0.39 is 6.10 Å². The monoisotopic (exact) mass is 607 g/mol. The molecule has 0 rings (SSSR count). The summed E-state index contributed by atoms with van der Waals surface area (Å²) >= 11 is 0. The number of allylic oxidation sites excluding steroid dienone is 4. The average Bonchev–Trinajstić information content (AvgIpc) is 3.01. The SMILES string of the molecule is CCCCC/C=C\C/C=C\CCCCCCCCCC(=O)OC(CO)COC(=O)CCCCCCCCCCCCCC. The highest BCUT2D eigenvalue weighted by molar-refractivity contribution is 5.70. The van der Waals surface area contributed by atoms with Gasteiger partial charge in [-0.2, -0.15) is 0 Å². The molecule has 5 nitrogen and oxygen atoms in total. The maximum absolute atomic E-state index is 12.1. The van der Waals surface area contributed by atoms with Crippen molar-refractivity contribution in [1.29, 1.82) is 0 Å². The first-order valence-electron chi connectivity index (χ1n) is 18.4. The molecule has 0 amide bonds. The second-order valence-electron chi connectivity index (χ2n) is 12.3. The van der Waals surface area contributed by atoms with Gasteiger partial charge in [-0.25, -0.2) is 0 Å². The van der Waals surface area contributed by atoms with Crippen LogP contribution in [0.1, 0.15) is 187 Å². The van der Waals surface area contributed by atoms with E-state index in [4.69, 9.17) is 9.47 Å². The number of ether oxygens (including phenoxy) is 2. The zero-order valence-electron chi connectivity index (χ0n) is 28.5. The molecule has 0 aliphatic rings. The van der Waals surface area contributed by atoms with Crippen molar-refractivity contribution in [3.63, 3.8) is 0 Å². The molecule has 43 heavy (non-hydrogen) atoms. The van der Waals surface area contributed by atoms with Gasteiger partial charge in [-0.3, -0.25) is 9.59 Å². The van der Waals surface area contributed by atoms with Crippen molar-refractivity contribution in [3.8, 4) is 0 Å². The molecule has 0 saturated heterocycles. The predicted molar refractivity (Wildman–Crippen MR) is 182 cm³/mol. The second-order valence-corrected chi connectivity index (χ2v) is 12.3. The van der Waals surface area contributed by atoms with E-state index in [-0.39, 0.29) is 25.2 Å². The van der Waals surface area contributed by atoms with Crippen molar-refractivity contribution in [1.82, 2.24) is 0 Å². The summed E-state index contributed by atoms with van der Waals surface area (Å²) in [5.41, 5.74) is 0. The number of aliphatic hydroxyl groups is 1. The van der Waals surface area contributed by atoms with Crippen molar-refractivity contribution in [3.05, 3.63) is 24.3 Å². The van der Waals surface area contributed by atoms with Gasteiger partial charge in [0, 0.05) is 12.8 Å². The molecule has 5 heteroatoms. The summed E-state index contributed by atoms with van der Waals surface area (Å²) < 4.78 is 10.6. The fourth-order valence-corrected chi connectivity index (χ4v) is 5.17. The van der Waals surface area contributed by atoms with Crippen LogP contribution in [0.4, 0.5) is 0 Å². The highest BCUT2D eigenvalue weighted by Gasteiger charge is 2.16. The summed E-state index contributed by atoms with van der Waals surface area (Å²) in [5.74, 6) is -0.596. The Morgan fingerprint density at radius 2 is 0.930 bits per heavy atom.